The van der Waals surface area contributed by atoms with Gasteiger partial charge in [-0.2, -0.15) is 0 Å². The van der Waals surface area contributed by atoms with Gasteiger partial charge in [-0.3, -0.25) is 29.4 Å². The predicted molar refractivity (Wildman–Crippen MR) is 208 cm³/mol. The largest absolute Gasteiger partial charge is 0.493 e. The highest BCUT2D eigenvalue weighted by Crippen LogP contribution is 2.54. The van der Waals surface area contributed by atoms with Gasteiger partial charge in [-0.05, 0) is 56.2 Å². The van der Waals surface area contributed by atoms with Crippen LogP contribution in [0.4, 0.5) is 4.79 Å². The summed E-state index contributed by atoms with van der Waals surface area (Å²) in [5, 5.41) is 4.00. The Kier molecular flexibility index (Phi) is 11.1. The first-order chi connectivity index (χ1) is 25.2. The topological polar surface area (TPSA) is 111 Å². The Morgan fingerprint density at radius 1 is 0.887 bits per heavy atom. The number of hydrogen-bond donors (Lipinski definition) is 1. The van der Waals surface area contributed by atoms with Crippen molar-refractivity contribution < 1.29 is 19.1 Å². The summed E-state index contributed by atoms with van der Waals surface area (Å²) in [6, 6.07) is 16.9. The molecule has 0 saturated carbocycles. The lowest BCUT2D eigenvalue weighted by atomic mass is 9.71. The van der Waals surface area contributed by atoms with E-state index in [0.717, 1.165) is 16.8 Å². The quantitative estimate of drug-likeness (QED) is 0.314. The molecule has 0 bridgehead atoms. The molecule has 13 heteroatoms. The fourth-order valence-electron chi connectivity index (χ4n) is 7.40. The highest BCUT2D eigenvalue weighted by atomic mass is 35.5. The monoisotopic (exact) mass is 761 g/mol. The Labute approximate surface area is 322 Å². The van der Waals surface area contributed by atoms with E-state index >= 15 is 4.79 Å². The van der Waals surface area contributed by atoms with E-state index in [4.69, 9.17) is 37.9 Å². The van der Waals surface area contributed by atoms with E-state index < -0.39 is 11.1 Å². The van der Waals surface area contributed by atoms with Crippen molar-refractivity contribution in [2.24, 2.45) is 4.99 Å². The van der Waals surface area contributed by atoms with Crippen molar-refractivity contribution in [2.45, 2.75) is 64.5 Å². The summed E-state index contributed by atoms with van der Waals surface area (Å²) >= 11 is 12.8. The first kappa shape index (κ1) is 38.5. The minimum absolute atomic E-state index is 0.0149. The maximum atomic E-state index is 15.3. The number of benzene rings is 2. The fourth-order valence-corrected chi connectivity index (χ4v) is 7.66. The average molecular weight is 763 g/mol. The molecule has 0 radical (unpaired) electrons. The molecule has 2 atom stereocenters. The molecule has 3 aromatic rings. The molecule has 2 saturated heterocycles. The first-order valence-corrected chi connectivity index (χ1v) is 19.0. The van der Waals surface area contributed by atoms with Crippen molar-refractivity contribution in [2.75, 3.05) is 59.0 Å². The standard InChI is InChI=1S/C40H49Cl2N7O4/c1-7-53-32-24-33(38(2,3)4)44-25-31(32)36-45-39(5,27-8-12-29(41)13-9-27)40(6,28-10-14-30(42)15-11-28)49(36)37(52)48-22-20-46(21-23-48)26-35(51)47-18-16-34(50)43-17-19-47/h8-15,24-25H,7,16-23,26H2,1-6H3,(H,43,50)/t39-,40+/m0/s1. The van der Waals surface area contributed by atoms with E-state index in [0.29, 0.717) is 86.0 Å². The lowest BCUT2D eigenvalue weighted by molar-refractivity contribution is -0.132. The van der Waals surface area contributed by atoms with E-state index in [1.54, 1.807) is 11.1 Å². The van der Waals surface area contributed by atoms with Crippen LogP contribution in [0.25, 0.3) is 0 Å². The van der Waals surface area contributed by atoms with Gasteiger partial charge >= 0.3 is 6.03 Å². The summed E-state index contributed by atoms with van der Waals surface area (Å²) in [6.45, 7) is 16.2. The molecular formula is C40H49Cl2N7O4. The molecule has 0 aliphatic carbocycles. The second-order valence-electron chi connectivity index (χ2n) is 15.2. The minimum Gasteiger partial charge on any atom is -0.493 e. The van der Waals surface area contributed by atoms with Crippen LogP contribution in [0.15, 0.2) is 65.8 Å². The Morgan fingerprint density at radius 3 is 2.11 bits per heavy atom. The molecule has 3 aliphatic rings. The van der Waals surface area contributed by atoms with Crippen LogP contribution in [0.2, 0.25) is 10.0 Å². The third-order valence-corrected chi connectivity index (χ3v) is 11.3. The number of carbonyl (C=O) groups excluding carboxylic acids is 3. The third kappa shape index (κ3) is 7.61. The van der Waals surface area contributed by atoms with Gasteiger partial charge < -0.3 is 19.9 Å². The summed E-state index contributed by atoms with van der Waals surface area (Å²) in [5.41, 5.74) is 0.888. The number of nitrogens with zero attached hydrogens (tertiary/aromatic N) is 6. The number of halogens is 2. The van der Waals surface area contributed by atoms with Crippen LogP contribution in [-0.2, 0) is 26.1 Å². The maximum Gasteiger partial charge on any atom is 0.326 e. The van der Waals surface area contributed by atoms with Crippen molar-refractivity contribution >= 4 is 46.9 Å². The SMILES string of the molecule is CCOc1cc(C(C)(C)C)ncc1C1=N[C@@](C)(c2ccc(Cl)cc2)[C@@](C)(c2ccc(Cl)cc2)N1C(=O)N1CCN(CC(=O)N2CCNC(=O)CC2)CC1. The Morgan fingerprint density at radius 2 is 1.51 bits per heavy atom. The number of piperazine rings is 1. The number of rotatable bonds is 7. The lowest BCUT2D eigenvalue weighted by Gasteiger charge is -2.47. The molecule has 2 aromatic carbocycles. The molecule has 6 rings (SSSR count). The molecule has 282 valence electrons. The smallest absolute Gasteiger partial charge is 0.326 e. The van der Waals surface area contributed by atoms with Gasteiger partial charge in [-0.1, -0.05) is 68.2 Å². The Balaban J connectivity index is 1.40. The van der Waals surface area contributed by atoms with Gasteiger partial charge in [0.25, 0.3) is 0 Å². The number of carbonyl (C=O) groups is 3. The number of amides is 4. The Bertz CT molecular complexity index is 1870. The zero-order chi connectivity index (χ0) is 38.1. The highest BCUT2D eigenvalue weighted by Gasteiger charge is 2.60. The van der Waals surface area contributed by atoms with Gasteiger partial charge in [0.1, 0.15) is 22.7 Å². The molecule has 0 unspecified atom stereocenters. The van der Waals surface area contributed by atoms with Crippen molar-refractivity contribution in [3.05, 3.63) is 93.2 Å². The number of nitrogens with one attached hydrogen (secondary N) is 1. The van der Waals surface area contributed by atoms with Gasteiger partial charge in [-0.15, -0.1) is 0 Å². The molecule has 4 heterocycles. The number of pyridine rings is 1. The number of ether oxygens (including phenoxy) is 1. The van der Waals surface area contributed by atoms with Crippen LogP contribution in [-0.4, -0.2) is 107 Å². The van der Waals surface area contributed by atoms with Crippen LogP contribution < -0.4 is 10.1 Å². The normalized spacial score (nSPS) is 22.7. The molecule has 53 heavy (non-hydrogen) atoms. The van der Waals surface area contributed by atoms with Crippen LogP contribution in [0.3, 0.4) is 0 Å². The predicted octanol–water partition coefficient (Wildman–Crippen LogP) is 6.06. The fraction of sp³-hybridized carbons (Fsp3) is 0.475. The van der Waals surface area contributed by atoms with E-state index in [1.165, 1.54) is 0 Å². The van der Waals surface area contributed by atoms with E-state index in [-0.39, 0.29) is 29.8 Å². The van der Waals surface area contributed by atoms with Gasteiger partial charge in [-0.25, -0.2) is 4.79 Å². The highest BCUT2D eigenvalue weighted by molar-refractivity contribution is 6.30. The molecular weight excluding hydrogens is 713 g/mol. The van der Waals surface area contributed by atoms with Crippen molar-refractivity contribution in [3.8, 4) is 5.75 Å². The van der Waals surface area contributed by atoms with E-state index in [1.807, 2.05) is 85.2 Å². The zero-order valence-electron chi connectivity index (χ0n) is 31.4. The van der Waals surface area contributed by atoms with Gasteiger partial charge in [0.05, 0.1) is 18.7 Å². The number of hydrogen-bond acceptors (Lipinski definition) is 7. The zero-order valence-corrected chi connectivity index (χ0v) is 32.9. The summed E-state index contributed by atoms with van der Waals surface area (Å²) in [7, 11) is 0. The van der Waals surface area contributed by atoms with Crippen LogP contribution in [0.1, 0.15) is 70.3 Å². The number of urea groups is 1. The molecule has 11 nitrogen and oxygen atoms in total. The van der Waals surface area contributed by atoms with Crippen LogP contribution >= 0.6 is 23.2 Å². The van der Waals surface area contributed by atoms with E-state index in [9.17, 15) is 9.59 Å². The second kappa shape index (κ2) is 15.3. The average Bonchev–Trinajstić information content (AvgIpc) is 3.22. The molecule has 1 N–H and O–H groups in total. The van der Waals surface area contributed by atoms with Gasteiger partial charge in [0, 0.05) is 85.7 Å². The van der Waals surface area contributed by atoms with Crippen molar-refractivity contribution in [1.82, 2.24) is 29.9 Å². The lowest BCUT2D eigenvalue weighted by Crippen LogP contribution is -2.61. The second-order valence-corrected chi connectivity index (χ2v) is 16.1. The molecule has 4 amide bonds. The Hall–Kier alpha value is -4.19. The number of aliphatic imine (C=N–C) groups is 1. The van der Waals surface area contributed by atoms with Gasteiger partial charge in [0.2, 0.25) is 11.8 Å². The number of amidine groups is 1. The summed E-state index contributed by atoms with van der Waals surface area (Å²) in [6.07, 6.45) is 2.07. The summed E-state index contributed by atoms with van der Waals surface area (Å²) in [5.74, 6) is 0.989. The maximum absolute atomic E-state index is 15.3. The van der Waals surface area contributed by atoms with Crippen LogP contribution in [0, 0.1) is 0 Å². The van der Waals surface area contributed by atoms with Crippen molar-refractivity contribution in [1.29, 1.82) is 0 Å². The van der Waals surface area contributed by atoms with Crippen LogP contribution in [0.5, 0.6) is 5.75 Å². The summed E-state index contributed by atoms with van der Waals surface area (Å²) in [4.78, 5) is 58.2. The molecule has 3 aliphatic heterocycles. The molecule has 0 spiro atoms. The summed E-state index contributed by atoms with van der Waals surface area (Å²) < 4.78 is 6.28. The third-order valence-electron chi connectivity index (χ3n) is 10.8. The van der Waals surface area contributed by atoms with Crippen molar-refractivity contribution in [3.63, 3.8) is 0 Å². The molecule has 2 fully saturated rings. The number of aromatic nitrogens is 1. The first-order valence-electron chi connectivity index (χ1n) is 18.3. The molecule has 1 aromatic heterocycles. The van der Waals surface area contributed by atoms with Gasteiger partial charge in [0.15, 0.2) is 0 Å². The minimum atomic E-state index is -1.06. The van der Waals surface area contributed by atoms with E-state index in [2.05, 4.69) is 31.0 Å².